The lowest BCUT2D eigenvalue weighted by Crippen LogP contribution is -2.23. The molecular weight excluding hydrogens is 244 g/mol. The van der Waals surface area contributed by atoms with Gasteiger partial charge in [-0.05, 0) is 45.2 Å². The summed E-state index contributed by atoms with van der Waals surface area (Å²) in [6.45, 7) is 5.51. The molecule has 1 rings (SSSR count). The number of rotatable bonds is 2. The smallest absolute Gasteiger partial charge is 0.338 e. The maximum absolute atomic E-state index is 11.7. The minimum atomic E-state index is -0.484. The van der Waals surface area contributed by atoms with Gasteiger partial charge in [0.1, 0.15) is 5.60 Å². The third kappa shape index (κ3) is 3.72. The molecule has 0 aromatic heterocycles. The lowest BCUT2D eigenvalue weighted by molar-refractivity contribution is 0.00695. The van der Waals surface area contributed by atoms with E-state index in [1.807, 2.05) is 33.1 Å². The molecule has 0 aliphatic carbocycles. The third-order valence-corrected chi connectivity index (χ3v) is 3.01. The van der Waals surface area contributed by atoms with Gasteiger partial charge in [-0.15, -0.1) is 11.8 Å². The van der Waals surface area contributed by atoms with Gasteiger partial charge in [0.15, 0.2) is 0 Å². The molecule has 0 N–H and O–H groups in total. The summed E-state index contributed by atoms with van der Waals surface area (Å²) in [5.74, 6) is -0.345. The molecule has 1 aromatic rings. The van der Waals surface area contributed by atoms with Gasteiger partial charge in [-0.25, -0.2) is 4.79 Å². The van der Waals surface area contributed by atoms with Gasteiger partial charge in [-0.3, -0.25) is 0 Å². The summed E-state index contributed by atoms with van der Waals surface area (Å²) in [4.78, 5) is 12.7. The van der Waals surface area contributed by atoms with Crippen LogP contribution in [0.2, 0.25) is 5.02 Å². The highest BCUT2D eigenvalue weighted by molar-refractivity contribution is 7.98. The van der Waals surface area contributed by atoms with Crippen molar-refractivity contribution in [1.29, 1.82) is 0 Å². The van der Waals surface area contributed by atoms with Crippen molar-refractivity contribution in [3.05, 3.63) is 28.8 Å². The highest BCUT2D eigenvalue weighted by atomic mass is 35.5. The molecule has 0 fully saturated rings. The normalized spacial score (nSPS) is 11.3. The molecule has 0 saturated heterocycles. The molecular formula is C12H15ClO2S. The Bertz CT molecular complexity index is 396. The number of ether oxygens (including phenoxy) is 1. The van der Waals surface area contributed by atoms with E-state index >= 15 is 0 Å². The number of thioether (sulfide) groups is 1. The van der Waals surface area contributed by atoms with Crippen molar-refractivity contribution in [2.75, 3.05) is 6.26 Å². The third-order valence-electron chi connectivity index (χ3n) is 1.79. The van der Waals surface area contributed by atoms with Crippen LogP contribution in [0.1, 0.15) is 31.1 Å². The zero-order valence-electron chi connectivity index (χ0n) is 9.83. The van der Waals surface area contributed by atoms with Crippen LogP contribution in [0, 0.1) is 0 Å². The quantitative estimate of drug-likeness (QED) is 0.592. The van der Waals surface area contributed by atoms with Crippen molar-refractivity contribution >= 4 is 29.3 Å². The Kier molecular flexibility index (Phi) is 4.28. The summed E-state index contributed by atoms with van der Waals surface area (Å²) in [6, 6.07) is 5.19. The van der Waals surface area contributed by atoms with Crippen molar-refractivity contribution in [1.82, 2.24) is 0 Å². The van der Waals surface area contributed by atoms with E-state index in [0.29, 0.717) is 10.6 Å². The van der Waals surface area contributed by atoms with Gasteiger partial charge >= 0.3 is 5.97 Å². The van der Waals surface area contributed by atoms with Crippen molar-refractivity contribution in [2.45, 2.75) is 31.3 Å². The maximum atomic E-state index is 11.7. The number of carbonyl (C=O) groups is 1. The first-order valence-corrected chi connectivity index (χ1v) is 6.50. The second-order valence-corrected chi connectivity index (χ2v) is 5.61. The summed E-state index contributed by atoms with van der Waals surface area (Å²) in [6.07, 6.45) is 1.94. The minimum absolute atomic E-state index is 0.345. The fraction of sp³-hybridized carbons (Fsp3) is 0.417. The van der Waals surface area contributed by atoms with Crippen molar-refractivity contribution in [2.24, 2.45) is 0 Å². The number of hydrogen-bond acceptors (Lipinski definition) is 3. The SMILES string of the molecule is CSc1ccc(C(=O)OC(C)(C)C)cc1Cl. The molecule has 16 heavy (non-hydrogen) atoms. The molecule has 0 amide bonds. The number of hydrogen-bond donors (Lipinski definition) is 0. The Hall–Kier alpha value is -0.670. The predicted octanol–water partition coefficient (Wildman–Crippen LogP) is 4.02. The van der Waals surface area contributed by atoms with Crippen LogP contribution >= 0.6 is 23.4 Å². The lowest BCUT2D eigenvalue weighted by atomic mass is 10.1. The van der Waals surface area contributed by atoms with E-state index in [4.69, 9.17) is 16.3 Å². The van der Waals surface area contributed by atoms with E-state index < -0.39 is 5.60 Å². The van der Waals surface area contributed by atoms with Gasteiger partial charge in [0, 0.05) is 4.90 Å². The predicted molar refractivity (Wildman–Crippen MR) is 68.4 cm³/mol. The molecule has 1 aromatic carbocycles. The second kappa shape index (κ2) is 5.11. The van der Waals surface area contributed by atoms with Crippen LogP contribution in [0.4, 0.5) is 0 Å². The molecule has 0 radical (unpaired) electrons. The van der Waals surface area contributed by atoms with Crippen LogP contribution in [-0.2, 0) is 4.74 Å². The standard InChI is InChI=1S/C12H15ClO2S/c1-12(2,3)15-11(14)8-5-6-10(16-4)9(13)7-8/h5-7H,1-4H3. The van der Waals surface area contributed by atoms with E-state index in [-0.39, 0.29) is 5.97 Å². The summed E-state index contributed by atoms with van der Waals surface area (Å²) < 4.78 is 5.25. The molecule has 0 heterocycles. The number of benzene rings is 1. The average molecular weight is 259 g/mol. The fourth-order valence-corrected chi connectivity index (χ4v) is 2.00. The van der Waals surface area contributed by atoms with Crippen LogP contribution in [0.25, 0.3) is 0 Å². The van der Waals surface area contributed by atoms with Crippen LogP contribution in [0.15, 0.2) is 23.1 Å². The zero-order chi connectivity index (χ0) is 12.3. The summed E-state index contributed by atoms with van der Waals surface area (Å²) >= 11 is 7.56. The molecule has 0 bridgehead atoms. The highest BCUT2D eigenvalue weighted by Gasteiger charge is 2.18. The van der Waals surface area contributed by atoms with Gasteiger partial charge in [0.05, 0.1) is 10.6 Å². The van der Waals surface area contributed by atoms with E-state index in [9.17, 15) is 4.79 Å². The Balaban J connectivity index is 2.89. The van der Waals surface area contributed by atoms with E-state index in [1.54, 1.807) is 23.9 Å². The Morgan fingerprint density at radius 2 is 2.00 bits per heavy atom. The van der Waals surface area contributed by atoms with Crippen LogP contribution < -0.4 is 0 Å². The van der Waals surface area contributed by atoms with Crippen LogP contribution in [0.5, 0.6) is 0 Å². The molecule has 0 atom stereocenters. The van der Waals surface area contributed by atoms with Crippen molar-refractivity contribution < 1.29 is 9.53 Å². The number of esters is 1. The minimum Gasteiger partial charge on any atom is -0.456 e. The summed E-state index contributed by atoms with van der Waals surface area (Å²) in [5.41, 5.74) is -0.000383. The van der Waals surface area contributed by atoms with Gasteiger partial charge in [-0.2, -0.15) is 0 Å². The molecule has 88 valence electrons. The second-order valence-electron chi connectivity index (χ2n) is 4.35. The number of halogens is 1. The van der Waals surface area contributed by atoms with E-state index in [2.05, 4.69) is 0 Å². The molecule has 0 saturated carbocycles. The van der Waals surface area contributed by atoms with Gasteiger partial charge in [0.2, 0.25) is 0 Å². The summed E-state index contributed by atoms with van der Waals surface area (Å²) in [5, 5.41) is 0.579. The van der Waals surface area contributed by atoms with E-state index in [1.165, 1.54) is 0 Å². The first kappa shape index (κ1) is 13.4. The fourth-order valence-electron chi connectivity index (χ4n) is 1.13. The Labute approximate surface area is 105 Å². The molecule has 0 aliphatic rings. The van der Waals surface area contributed by atoms with Crippen molar-refractivity contribution in [3.63, 3.8) is 0 Å². The lowest BCUT2D eigenvalue weighted by Gasteiger charge is -2.19. The molecule has 4 heteroatoms. The molecule has 0 aliphatic heterocycles. The number of carbonyl (C=O) groups excluding carboxylic acids is 1. The van der Waals surface area contributed by atoms with E-state index in [0.717, 1.165) is 4.90 Å². The first-order chi connectivity index (χ1) is 7.33. The highest BCUT2D eigenvalue weighted by Crippen LogP contribution is 2.26. The monoisotopic (exact) mass is 258 g/mol. The van der Waals surface area contributed by atoms with Gasteiger partial charge < -0.3 is 4.74 Å². The largest absolute Gasteiger partial charge is 0.456 e. The average Bonchev–Trinajstić information content (AvgIpc) is 2.15. The topological polar surface area (TPSA) is 26.3 Å². The van der Waals surface area contributed by atoms with Crippen molar-refractivity contribution in [3.8, 4) is 0 Å². The first-order valence-electron chi connectivity index (χ1n) is 4.90. The molecule has 2 nitrogen and oxygen atoms in total. The van der Waals surface area contributed by atoms with Gasteiger partial charge in [-0.1, -0.05) is 11.6 Å². The molecule has 0 unspecified atom stereocenters. The zero-order valence-corrected chi connectivity index (χ0v) is 11.4. The molecule has 0 spiro atoms. The van der Waals surface area contributed by atoms with Crippen LogP contribution in [-0.4, -0.2) is 17.8 Å². The van der Waals surface area contributed by atoms with Crippen LogP contribution in [0.3, 0.4) is 0 Å². The Morgan fingerprint density at radius 1 is 1.38 bits per heavy atom. The van der Waals surface area contributed by atoms with Gasteiger partial charge in [0.25, 0.3) is 0 Å². The summed E-state index contributed by atoms with van der Waals surface area (Å²) in [7, 11) is 0. The maximum Gasteiger partial charge on any atom is 0.338 e. The Morgan fingerprint density at radius 3 is 2.44 bits per heavy atom.